The van der Waals surface area contributed by atoms with Gasteiger partial charge in [0.25, 0.3) is 10.2 Å². The van der Waals surface area contributed by atoms with Gasteiger partial charge in [0.2, 0.25) is 0 Å². The van der Waals surface area contributed by atoms with E-state index in [-0.39, 0.29) is 6.10 Å². The second-order valence-corrected chi connectivity index (χ2v) is 8.86. The molecule has 0 radical (unpaired) electrons. The van der Waals surface area contributed by atoms with Crippen LogP contribution in [0.1, 0.15) is 31.9 Å². The number of aryl methyl sites for hydroxylation is 1. The third-order valence-electron chi connectivity index (χ3n) is 4.61. The van der Waals surface area contributed by atoms with Crippen LogP contribution >= 0.6 is 0 Å². The van der Waals surface area contributed by atoms with Gasteiger partial charge in [0.15, 0.2) is 0 Å². The molecule has 3 rings (SSSR count). The highest BCUT2D eigenvalue weighted by Crippen LogP contribution is 2.28. The number of hydrogen-bond donors (Lipinski definition) is 0. The zero-order chi connectivity index (χ0) is 16.6. The molecular formula is C15H26N4O3S. The van der Waals surface area contributed by atoms with Crippen LogP contribution in [0.5, 0.6) is 0 Å². The van der Waals surface area contributed by atoms with Crippen molar-refractivity contribution in [1.29, 1.82) is 0 Å². The Kier molecular flexibility index (Phi) is 4.78. The number of ether oxygens (including phenoxy) is 1. The van der Waals surface area contributed by atoms with Gasteiger partial charge in [-0.3, -0.25) is 4.68 Å². The van der Waals surface area contributed by atoms with Gasteiger partial charge in [-0.2, -0.15) is 22.1 Å². The zero-order valence-corrected chi connectivity index (χ0v) is 14.9. The van der Waals surface area contributed by atoms with Gasteiger partial charge in [-0.15, -0.1) is 0 Å². The highest BCUT2D eigenvalue weighted by molar-refractivity contribution is 7.86. The van der Waals surface area contributed by atoms with Crippen LogP contribution in [0.2, 0.25) is 0 Å². The maximum atomic E-state index is 13.0. The fourth-order valence-electron chi connectivity index (χ4n) is 3.60. The molecule has 1 aromatic rings. The van der Waals surface area contributed by atoms with Gasteiger partial charge in [-0.05, 0) is 18.3 Å². The SMILES string of the molecule is C[C@@H]1C[C@H](C)CN(S(=O)(=O)N2CCO[C@@H](c3cnn(C)c3)C2)C1. The van der Waals surface area contributed by atoms with E-state index < -0.39 is 10.2 Å². The van der Waals surface area contributed by atoms with Crippen LogP contribution in [0.4, 0.5) is 0 Å². The predicted octanol–water partition coefficient (Wildman–Crippen LogP) is 1.02. The average molecular weight is 342 g/mol. The van der Waals surface area contributed by atoms with E-state index in [0.717, 1.165) is 12.0 Å². The van der Waals surface area contributed by atoms with E-state index in [1.165, 1.54) is 0 Å². The number of morpholine rings is 1. The Morgan fingerprint density at radius 1 is 1.17 bits per heavy atom. The van der Waals surface area contributed by atoms with Crippen LogP contribution in [0.25, 0.3) is 0 Å². The van der Waals surface area contributed by atoms with E-state index in [0.29, 0.717) is 44.6 Å². The van der Waals surface area contributed by atoms with Crippen molar-refractivity contribution < 1.29 is 13.2 Å². The Bertz CT molecular complexity index is 635. The van der Waals surface area contributed by atoms with E-state index in [2.05, 4.69) is 18.9 Å². The number of hydrogen-bond acceptors (Lipinski definition) is 4. The van der Waals surface area contributed by atoms with E-state index in [9.17, 15) is 8.42 Å². The van der Waals surface area contributed by atoms with E-state index in [4.69, 9.17) is 4.74 Å². The molecule has 0 spiro atoms. The van der Waals surface area contributed by atoms with E-state index in [1.807, 2.05) is 13.2 Å². The largest absolute Gasteiger partial charge is 0.371 e. The second kappa shape index (κ2) is 6.51. The molecule has 2 fully saturated rings. The quantitative estimate of drug-likeness (QED) is 0.822. The Labute approximate surface area is 138 Å². The number of piperidine rings is 1. The molecule has 7 nitrogen and oxygen atoms in total. The molecule has 3 heterocycles. The molecule has 0 N–H and O–H groups in total. The molecule has 0 saturated carbocycles. The summed E-state index contributed by atoms with van der Waals surface area (Å²) in [4.78, 5) is 0. The first kappa shape index (κ1) is 16.9. The highest BCUT2D eigenvalue weighted by atomic mass is 32.2. The lowest BCUT2D eigenvalue weighted by Gasteiger charge is -2.39. The smallest absolute Gasteiger partial charge is 0.282 e. The Hall–Kier alpha value is -0.960. The third kappa shape index (κ3) is 3.60. The van der Waals surface area contributed by atoms with Crippen molar-refractivity contribution in [2.75, 3.05) is 32.8 Å². The maximum absolute atomic E-state index is 13.0. The molecule has 0 unspecified atom stereocenters. The molecule has 2 aliphatic rings. The van der Waals surface area contributed by atoms with Gasteiger partial charge in [-0.25, -0.2) is 0 Å². The van der Waals surface area contributed by atoms with Crippen molar-refractivity contribution in [3.8, 4) is 0 Å². The first-order chi connectivity index (χ1) is 10.9. The molecule has 1 aromatic heterocycles. The molecule has 0 aromatic carbocycles. The summed E-state index contributed by atoms with van der Waals surface area (Å²) in [6.45, 7) is 6.65. The summed E-state index contributed by atoms with van der Waals surface area (Å²) < 4.78 is 36.7. The molecule has 0 amide bonds. The predicted molar refractivity (Wildman–Crippen MR) is 86.9 cm³/mol. The monoisotopic (exact) mass is 342 g/mol. The van der Waals surface area contributed by atoms with E-state index in [1.54, 1.807) is 19.5 Å². The van der Waals surface area contributed by atoms with Crippen LogP contribution in [-0.4, -0.2) is 59.6 Å². The van der Waals surface area contributed by atoms with E-state index >= 15 is 0 Å². The number of rotatable bonds is 3. The van der Waals surface area contributed by atoms with Crippen LogP contribution in [0.15, 0.2) is 12.4 Å². The average Bonchev–Trinajstić information content (AvgIpc) is 2.93. The first-order valence-electron chi connectivity index (χ1n) is 8.21. The first-order valence-corrected chi connectivity index (χ1v) is 9.61. The van der Waals surface area contributed by atoms with Gasteiger partial charge >= 0.3 is 0 Å². The molecule has 0 aliphatic carbocycles. The lowest BCUT2D eigenvalue weighted by molar-refractivity contribution is -0.00501. The van der Waals surface area contributed by atoms with Gasteiger partial charge in [-0.1, -0.05) is 13.8 Å². The second-order valence-electron chi connectivity index (χ2n) is 6.94. The normalized spacial score (nSPS) is 31.3. The molecule has 0 bridgehead atoms. The summed E-state index contributed by atoms with van der Waals surface area (Å²) in [6.07, 6.45) is 4.47. The maximum Gasteiger partial charge on any atom is 0.282 e. The van der Waals surface area contributed by atoms with Crippen LogP contribution in [-0.2, 0) is 22.0 Å². The minimum atomic E-state index is -3.43. The molecule has 2 aliphatic heterocycles. The molecular weight excluding hydrogens is 316 g/mol. The Balaban J connectivity index is 1.74. The minimum Gasteiger partial charge on any atom is -0.371 e. The molecule has 8 heteroatoms. The molecule has 2 saturated heterocycles. The lowest BCUT2D eigenvalue weighted by Crippen LogP contribution is -2.52. The summed E-state index contributed by atoms with van der Waals surface area (Å²) in [5.74, 6) is 0.812. The number of aromatic nitrogens is 2. The van der Waals surface area contributed by atoms with Crippen molar-refractivity contribution in [2.24, 2.45) is 18.9 Å². The van der Waals surface area contributed by atoms with Crippen LogP contribution in [0, 0.1) is 11.8 Å². The lowest BCUT2D eigenvalue weighted by atomic mass is 9.94. The van der Waals surface area contributed by atoms with Gasteiger partial charge in [0.1, 0.15) is 0 Å². The highest BCUT2D eigenvalue weighted by Gasteiger charge is 2.37. The van der Waals surface area contributed by atoms with Crippen LogP contribution in [0.3, 0.4) is 0 Å². The fraction of sp³-hybridized carbons (Fsp3) is 0.800. The topological polar surface area (TPSA) is 67.7 Å². The summed E-state index contributed by atoms with van der Waals surface area (Å²) in [5, 5.41) is 4.15. The van der Waals surface area contributed by atoms with Crippen molar-refractivity contribution in [2.45, 2.75) is 26.4 Å². The summed E-state index contributed by atoms with van der Waals surface area (Å²) in [5.41, 5.74) is 0.924. The van der Waals surface area contributed by atoms with Crippen molar-refractivity contribution in [1.82, 2.24) is 18.4 Å². The molecule has 3 atom stereocenters. The standard InChI is InChI=1S/C15H26N4O3S/c1-12-6-13(2)9-19(8-12)23(20,21)18-4-5-22-15(11-18)14-7-16-17(3)10-14/h7,10,12-13,15H,4-6,8-9,11H2,1-3H3/t12-,13+,15-/m1/s1. The summed E-state index contributed by atoms with van der Waals surface area (Å²) in [7, 11) is -1.58. The number of nitrogens with zero attached hydrogens (tertiary/aromatic N) is 4. The van der Waals surface area contributed by atoms with Crippen molar-refractivity contribution >= 4 is 10.2 Å². The van der Waals surface area contributed by atoms with Crippen molar-refractivity contribution in [3.63, 3.8) is 0 Å². The summed E-state index contributed by atoms with van der Waals surface area (Å²) >= 11 is 0. The zero-order valence-electron chi connectivity index (χ0n) is 14.1. The van der Waals surface area contributed by atoms with Crippen molar-refractivity contribution in [3.05, 3.63) is 18.0 Å². The van der Waals surface area contributed by atoms with Gasteiger partial charge < -0.3 is 4.74 Å². The van der Waals surface area contributed by atoms with Gasteiger partial charge in [0, 0.05) is 45.0 Å². The Morgan fingerprint density at radius 2 is 1.87 bits per heavy atom. The van der Waals surface area contributed by atoms with Crippen LogP contribution < -0.4 is 0 Å². The summed E-state index contributed by atoms with van der Waals surface area (Å²) in [6, 6.07) is 0. The Morgan fingerprint density at radius 3 is 2.48 bits per heavy atom. The third-order valence-corrected chi connectivity index (χ3v) is 6.55. The molecule has 130 valence electrons. The van der Waals surface area contributed by atoms with Gasteiger partial charge in [0.05, 0.1) is 18.9 Å². The molecule has 23 heavy (non-hydrogen) atoms. The minimum absolute atomic E-state index is 0.244. The fourth-order valence-corrected chi connectivity index (χ4v) is 5.44.